The van der Waals surface area contributed by atoms with E-state index in [0.717, 1.165) is 48.4 Å². The highest BCUT2D eigenvalue weighted by Gasteiger charge is 2.25. The monoisotopic (exact) mass is 532 g/mol. The molecule has 0 spiro atoms. The third-order valence-electron chi connectivity index (χ3n) is 6.29. The summed E-state index contributed by atoms with van der Waals surface area (Å²) in [6.07, 6.45) is 11.2. The van der Waals surface area contributed by atoms with Crippen LogP contribution in [0.25, 0.3) is 0 Å². The van der Waals surface area contributed by atoms with Crippen LogP contribution in [0.5, 0.6) is 0 Å². The second-order valence-corrected chi connectivity index (χ2v) is 9.34. The Hall–Kier alpha value is -3.38. The molecular formula is C26H40N6O6. The number of amides is 6. The summed E-state index contributed by atoms with van der Waals surface area (Å²) in [5.41, 5.74) is 5.52. The minimum Gasteiger partial charge on any atom is -0.356 e. The number of carbonyl (C=O) groups is 6. The quantitative estimate of drug-likeness (QED) is 0.120. The molecule has 0 aliphatic carbocycles. The number of imide groups is 2. The number of rotatable bonds is 20. The van der Waals surface area contributed by atoms with Crippen molar-refractivity contribution in [2.24, 2.45) is 5.73 Å². The van der Waals surface area contributed by atoms with E-state index in [0.29, 0.717) is 32.5 Å². The summed E-state index contributed by atoms with van der Waals surface area (Å²) in [6, 6.07) is -0.134. The van der Waals surface area contributed by atoms with Crippen molar-refractivity contribution >= 4 is 35.4 Å². The molecule has 2 heterocycles. The number of nitrogens with two attached hydrogens (primary N) is 1. The van der Waals surface area contributed by atoms with Gasteiger partial charge in [0.25, 0.3) is 23.6 Å². The Balaban J connectivity index is 1.67. The maximum absolute atomic E-state index is 12.5. The van der Waals surface area contributed by atoms with Crippen molar-refractivity contribution < 1.29 is 28.8 Å². The molecule has 12 heteroatoms. The smallest absolute Gasteiger partial charge is 0.253 e. The summed E-state index contributed by atoms with van der Waals surface area (Å²) in [4.78, 5) is 73.1. The van der Waals surface area contributed by atoms with Gasteiger partial charge in [-0.05, 0) is 45.2 Å². The van der Waals surface area contributed by atoms with Crippen molar-refractivity contribution in [3.05, 3.63) is 24.3 Å². The lowest BCUT2D eigenvalue weighted by Crippen LogP contribution is -2.43. The van der Waals surface area contributed by atoms with Gasteiger partial charge in [0.2, 0.25) is 11.8 Å². The fraction of sp³-hybridized carbons (Fsp3) is 0.615. The molecule has 0 bridgehead atoms. The van der Waals surface area contributed by atoms with Gasteiger partial charge in [-0.3, -0.25) is 38.6 Å². The van der Waals surface area contributed by atoms with E-state index in [-0.39, 0.29) is 43.8 Å². The zero-order valence-electron chi connectivity index (χ0n) is 21.9. The first-order valence-electron chi connectivity index (χ1n) is 13.4. The summed E-state index contributed by atoms with van der Waals surface area (Å²) >= 11 is 0. The van der Waals surface area contributed by atoms with Crippen molar-refractivity contribution in [3.8, 4) is 0 Å². The summed E-state index contributed by atoms with van der Waals surface area (Å²) in [5, 5.41) is 9.16. The number of nitrogens with zero attached hydrogens (tertiary/aromatic N) is 2. The number of carbonyl (C=O) groups excluding carboxylic acids is 6. The van der Waals surface area contributed by atoms with Gasteiger partial charge in [-0.1, -0.05) is 12.8 Å². The molecule has 12 nitrogen and oxygen atoms in total. The van der Waals surface area contributed by atoms with Crippen LogP contribution in [0.2, 0.25) is 0 Å². The van der Waals surface area contributed by atoms with Crippen LogP contribution in [-0.4, -0.2) is 90.6 Å². The fourth-order valence-electron chi connectivity index (χ4n) is 4.11. The molecule has 0 aromatic rings. The maximum Gasteiger partial charge on any atom is 0.253 e. The topological polar surface area (TPSA) is 171 Å². The Morgan fingerprint density at radius 2 is 1.24 bits per heavy atom. The van der Waals surface area contributed by atoms with Crippen molar-refractivity contribution in [2.75, 3.05) is 39.3 Å². The van der Waals surface area contributed by atoms with Crippen molar-refractivity contribution in [3.63, 3.8) is 0 Å². The molecule has 2 aliphatic rings. The molecule has 0 fully saturated rings. The third-order valence-corrected chi connectivity index (χ3v) is 6.29. The Kier molecular flexibility index (Phi) is 14.0. The van der Waals surface area contributed by atoms with E-state index in [4.69, 9.17) is 5.73 Å². The van der Waals surface area contributed by atoms with E-state index in [1.807, 2.05) is 0 Å². The van der Waals surface area contributed by atoms with E-state index in [9.17, 15) is 28.8 Å². The lowest BCUT2D eigenvalue weighted by atomic mass is 10.1. The van der Waals surface area contributed by atoms with Gasteiger partial charge in [0.15, 0.2) is 0 Å². The Morgan fingerprint density at radius 1 is 0.711 bits per heavy atom. The molecule has 38 heavy (non-hydrogen) atoms. The number of nitrogens with one attached hydrogen (secondary N) is 3. The van der Waals surface area contributed by atoms with Gasteiger partial charge in [0, 0.05) is 69.4 Å². The molecule has 2 aliphatic heterocycles. The molecule has 1 atom stereocenters. The Bertz CT molecular complexity index is 882. The van der Waals surface area contributed by atoms with Crippen molar-refractivity contribution in [1.29, 1.82) is 0 Å². The highest BCUT2D eigenvalue weighted by molar-refractivity contribution is 6.13. The molecule has 0 radical (unpaired) electrons. The first-order chi connectivity index (χ1) is 18.3. The van der Waals surface area contributed by atoms with E-state index in [1.54, 1.807) is 0 Å². The average molecular weight is 533 g/mol. The molecule has 0 saturated heterocycles. The molecular weight excluding hydrogens is 492 g/mol. The normalized spacial score (nSPS) is 15.6. The predicted octanol–water partition coefficient (Wildman–Crippen LogP) is -0.503. The summed E-state index contributed by atoms with van der Waals surface area (Å²) in [7, 11) is 0. The average Bonchev–Trinajstić information content (AvgIpc) is 3.39. The van der Waals surface area contributed by atoms with Crippen LogP contribution >= 0.6 is 0 Å². The number of unbranched alkanes of at least 4 members (excludes halogenated alkanes) is 4. The highest BCUT2D eigenvalue weighted by atomic mass is 16.2. The van der Waals surface area contributed by atoms with Crippen LogP contribution in [0.3, 0.4) is 0 Å². The van der Waals surface area contributed by atoms with Gasteiger partial charge >= 0.3 is 0 Å². The van der Waals surface area contributed by atoms with Crippen LogP contribution in [0.4, 0.5) is 0 Å². The number of hydrogen-bond donors (Lipinski definition) is 4. The van der Waals surface area contributed by atoms with Crippen molar-refractivity contribution in [1.82, 2.24) is 25.8 Å². The fourth-order valence-corrected chi connectivity index (χ4v) is 4.11. The number of hydrogen-bond acceptors (Lipinski definition) is 8. The summed E-state index contributed by atoms with van der Waals surface area (Å²) in [5.74, 6) is -2.10. The molecule has 0 unspecified atom stereocenters. The van der Waals surface area contributed by atoms with E-state index < -0.39 is 23.6 Å². The van der Waals surface area contributed by atoms with Crippen LogP contribution in [-0.2, 0) is 28.8 Å². The van der Waals surface area contributed by atoms with Crippen LogP contribution < -0.4 is 21.7 Å². The van der Waals surface area contributed by atoms with Gasteiger partial charge < -0.3 is 21.7 Å². The van der Waals surface area contributed by atoms with Gasteiger partial charge in [-0.15, -0.1) is 0 Å². The van der Waals surface area contributed by atoms with E-state index >= 15 is 0 Å². The molecule has 6 amide bonds. The summed E-state index contributed by atoms with van der Waals surface area (Å²) in [6.45, 7) is 2.64. The maximum atomic E-state index is 12.5. The third kappa shape index (κ3) is 11.3. The SMILES string of the molecule is NCCCCCCNC[C@H](CCCCNC(=O)CCN1C(=O)C=CC1=O)NC(=O)CCN1C(=O)C=CC1=O. The predicted molar refractivity (Wildman–Crippen MR) is 140 cm³/mol. The zero-order chi connectivity index (χ0) is 27.8. The Labute approximate surface area is 223 Å². The molecule has 2 rings (SSSR count). The zero-order valence-corrected chi connectivity index (χ0v) is 21.9. The molecule has 0 saturated carbocycles. The van der Waals surface area contributed by atoms with Gasteiger partial charge in [-0.25, -0.2) is 0 Å². The van der Waals surface area contributed by atoms with E-state index in [2.05, 4.69) is 16.0 Å². The Morgan fingerprint density at radius 3 is 1.82 bits per heavy atom. The molecule has 0 aromatic carbocycles. The highest BCUT2D eigenvalue weighted by Crippen LogP contribution is 2.07. The summed E-state index contributed by atoms with van der Waals surface area (Å²) < 4.78 is 0. The van der Waals surface area contributed by atoms with Gasteiger partial charge in [0.1, 0.15) is 0 Å². The van der Waals surface area contributed by atoms with Gasteiger partial charge in [-0.2, -0.15) is 0 Å². The first kappa shape index (κ1) is 30.8. The standard InChI is InChI=1S/C26H40N6O6/c27-14-4-1-2-5-15-28-19-20(30-22(34)13-18-32-25(37)10-11-26(32)38)7-3-6-16-29-21(33)12-17-31-23(35)8-9-24(31)36/h8-11,20,28H,1-7,12-19,27H2,(H,29,33)(H,30,34)/t20-/m0/s1. The first-order valence-corrected chi connectivity index (χ1v) is 13.4. The lowest BCUT2D eigenvalue weighted by molar-refractivity contribution is -0.139. The second kappa shape index (κ2) is 17.2. The molecule has 5 N–H and O–H groups in total. The van der Waals surface area contributed by atoms with Gasteiger partial charge in [0.05, 0.1) is 0 Å². The second-order valence-electron chi connectivity index (χ2n) is 9.34. The van der Waals surface area contributed by atoms with Crippen molar-refractivity contribution in [2.45, 2.75) is 63.8 Å². The van der Waals surface area contributed by atoms with Crippen LogP contribution in [0, 0.1) is 0 Å². The molecule has 210 valence electrons. The minimum absolute atomic E-state index is 0.0301. The van der Waals surface area contributed by atoms with Crippen LogP contribution in [0.15, 0.2) is 24.3 Å². The van der Waals surface area contributed by atoms with E-state index in [1.165, 1.54) is 24.3 Å². The minimum atomic E-state index is -0.409. The lowest BCUT2D eigenvalue weighted by Gasteiger charge is -2.21. The largest absolute Gasteiger partial charge is 0.356 e. The van der Waals surface area contributed by atoms with Crippen LogP contribution in [0.1, 0.15) is 57.8 Å². The molecule has 0 aromatic heterocycles.